The number of nitrogens with zero attached hydrogens (tertiary/aromatic N) is 1. The number of amidine groups is 1. The number of hydrogen-bond acceptors (Lipinski definition) is 2. The molecule has 0 spiro atoms. The van der Waals surface area contributed by atoms with Crippen LogP contribution in [0.2, 0.25) is 0 Å². The van der Waals surface area contributed by atoms with Gasteiger partial charge in [-0.1, -0.05) is 13.3 Å². The van der Waals surface area contributed by atoms with E-state index in [1.807, 2.05) is 6.07 Å². The maximum absolute atomic E-state index is 7.21. The number of nitrogens with two attached hydrogens (primary N) is 1. The minimum absolute atomic E-state index is 0.106. The molecule has 0 saturated heterocycles. The molecule has 1 aromatic rings. The van der Waals surface area contributed by atoms with Crippen molar-refractivity contribution < 1.29 is 0 Å². The van der Waals surface area contributed by atoms with Gasteiger partial charge in [-0.2, -0.15) is 0 Å². The van der Waals surface area contributed by atoms with Gasteiger partial charge >= 0.3 is 0 Å². The predicted molar refractivity (Wildman–Crippen MR) is 49.2 cm³/mol. The van der Waals surface area contributed by atoms with E-state index in [-0.39, 0.29) is 5.84 Å². The summed E-state index contributed by atoms with van der Waals surface area (Å²) in [5, 5.41) is 7.21. The molecule has 12 heavy (non-hydrogen) atoms. The van der Waals surface area contributed by atoms with Gasteiger partial charge < -0.3 is 5.73 Å². The lowest BCUT2D eigenvalue weighted by atomic mass is 10.1. The second-order valence-electron chi connectivity index (χ2n) is 2.70. The molecule has 0 amide bonds. The quantitative estimate of drug-likeness (QED) is 0.521. The third kappa shape index (κ3) is 2.05. The van der Waals surface area contributed by atoms with Gasteiger partial charge in [-0.3, -0.25) is 10.4 Å². The molecule has 3 heteroatoms. The molecule has 1 rings (SSSR count). The van der Waals surface area contributed by atoms with Crippen LogP contribution in [0.1, 0.15) is 24.6 Å². The molecular formula is C9H13N3. The molecule has 0 aliphatic rings. The highest BCUT2D eigenvalue weighted by Crippen LogP contribution is 2.02. The molecule has 0 aromatic carbocycles. The van der Waals surface area contributed by atoms with E-state index >= 15 is 0 Å². The van der Waals surface area contributed by atoms with E-state index in [0.29, 0.717) is 0 Å². The predicted octanol–water partition coefficient (Wildman–Crippen LogP) is 1.32. The third-order valence-corrected chi connectivity index (χ3v) is 1.63. The lowest BCUT2D eigenvalue weighted by Crippen LogP contribution is -2.11. The van der Waals surface area contributed by atoms with Gasteiger partial charge in [-0.05, 0) is 18.6 Å². The summed E-state index contributed by atoms with van der Waals surface area (Å²) in [6, 6.07) is 3.62. The first-order valence-corrected chi connectivity index (χ1v) is 4.03. The fourth-order valence-corrected chi connectivity index (χ4v) is 1.04. The first-order valence-electron chi connectivity index (χ1n) is 4.03. The molecule has 3 nitrogen and oxygen atoms in total. The van der Waals surface area contributed by atoms with Crippen LogP contribution in [0.25, 0.3) is 0 Å². The molecule has 0 saturated carbocycles. The van der Waals surface area contributed by atoms with Gasteiger partial charge in [0.05, 0.1) is 0 Å². The van der Waals surface area contributed by atoms with Crippen LogP contribution in [0.15, 0.2) is 18.3 Å². The lowest BCUT2D eigenvalue weighted by molar-refractivity contribution is 0.882. The standard InChI is InChI=1S/C9H13N3/c1-2-3-8-6-7(9(10)11)4-5-12-8/h4-6H,2-3H2,1H3,(H3,10,11). The smallest absolute Gasteiger partial charge is 0.122 e. The Labute approximate surface area is 72.1 Å². The van der Waals surface area contributed by atoms with Gasteiger partial charge in [-0.25, -0.2) is 0 Å². The van der Waals surface area contributed by atoms with Crippen molar-refractivity contribution in [1.82, 2.24) is 4.98 Å². The van der Waals surface area contributed by atoms with Crippen LogP contribution < -0.4 is 5.73 Å². The summed E-state index contributed by atoms with van der Waals surface area (Å²) in [6.45, 7) is 2.10. The highest BCUT2D eigenvalue weighted by atomic mass is 14.7. The highest BCUT2D eigenvalue weighted by molar-refractivity contribution is 5.94. The molecule has 3 N–H and O–H groups in total. The van der Waals surface area contributed by atoms with Gasteiger partial charge in [0, 0.05) is 17.5 Å². The lowest BCUT2D eigenvalue weighted by Gasteiger charge is -2.00. The van der Waals surface area contributed by atoms with Gasteiger partial charge in [0.25, 0.3) is 0 Å². The minimum Gasteiger partial charge on any atom is -0.384 e. The first-order chi connectivity index (χ1) is 5.74. The summed E-state index contributed by atoms with van der Waals surface area (Å²) >= 11 is 0. The highest BCUT2D eigenvalue weighted by Gasteiger charge is 1.97. The average Bonchev–Trinajstić information content (AvgIpc) is 2.05. The summed E-state index contributed by atoms with van der Waals surface area (Å²) in [4.78, 5) is 4.16. The van der Waals surface area contributed by atoms with Crippen molar-refractivity contribution in [3.63, 3.8) is 0 Å². The maximum Gasteiger partial charge on any atom is 0.122 e. The Morgan fingerprint density at radius 2 is 2.42 bits per heavy atom. The number of nitrogen functional groups attached to an aromatic ring is 1. The van der Waals surface area contributed by atoms with E-state index in [1.54, 1.807) is 12.3 Å². The number of aryl methyl sites for hydroxylation is 1. The van der Waals surface area contributed by atoms with Crippen molar-refractivity contribution in [2.24, 2.45) is 5.73 Å². The van der Waals surface area contributed by atoms with Crippen molar-refractivity contribution in [2.75, 3.05) is 0 Å². The van der Waals surface area contributed by atoms with Crippen molar-refractivity contribution in [2.45, 2.75) is 19.8 Å². The van der Waals surface area contributed by atoms with Gasteiger partial charge in [0.15, 0.2) is 0 Å². The van der Waals surface area contributed by atoms with Crippen molar-refractivity contribution >= 4 is 5.84 Å². The molecular weight excluding hydrogens is 150 g/mol. The number of nitrogens with one attached hydrogen (secondary N) is 1. The zero-order valence-electron chi connectivity index (χ0n) is 7.17. The zero-order valence-corrected chi connectivity index (χ0v) is 7.17. The fourth-order valence-electron chi connectivity index (χ4n) is 1.04. The normalized spacial score (nSPS) is 9.75. The number of rotatable bonds is 3. The Morgan fingerprint density at radius 3 is 3.00 bits per heavy atom. The van der Waals surface area contributed by atoms with Crippen LogP contribution in [-0.2, 0) is 6.42 Å². The van der Waals surface area contributed by atoms with Crippen molar-refractivity contribution in [1.29, 1.82) is 5.41 Å². The van der Waals surface area contributed by atoms with Crippen molar-refractivity contribution in [3.05, 3.63) is 29.6 Å². The number of pyridine rings is 1. The van der Waals surface area contributed by atoms with Crippen LogP contribution in [0, 0.1) is 5.41 Å². The molecule has 0 fully saturated rings. The fraction of sp³-hybridized carbons (Fsp3) is 0.333. The van der Waals surface area contributed by atoms with Gasteiger partial charge in [0.2, 0.25) is 0 Å². The average molecular weight is 163 g/mol. The number of hydrogen-bond donors (Lipinski definition) is 2. The molecule has 0 aliphatic carbocycles. The Kier molecular flexibility index (Phi) is 2.80. The summed E-state index contributed by atoms with van der Waals surface area (Å²) in [5.74, 6) is 0.106. The van der Waals surface area contributed by atoms with Crippen LogP contribution >= 0.6 is 0 Å². The first kappa shape index (κ1) is 8.71. The number of aromatic nitrogens is 1. The zero-order chi connectivity index (χ0) is 8.97. The van der Waals surface area contributed by atoms with E-state index < -0.39 is 0 Å². The Bertz CT molecular complexity index is 281. The largest absolute Gasteiger partial charge is 0.384 e. The van der Waals surface area contributed by atoms with Crippen LogP contribution in [0.4, 0.5) is 0 Å². The molecule has 0 radical (unpaired) electrons. The second-order valence-corrected chi connectivity index (χ2v) is 2.70. The minimum atomic E-state index is 0.106. The van der Waals surface area contributed by atoms with E-state index in [4.69, 9.17) is 11.1 Å². The second kappa shape index (κ2) is 3.85. The van der Waals surface area contributed by atoms with Crippen LogP contribution in [0.5, 0.6) is 0 Å². The van der Waals surface area contributed by atoms with Gasteiger partial charge in [0.1, 0.15) is 5.84 Å². The summed E-state index contributed by atoms with van der Waals surface area (Å²) in [7, 11) is 0. The summed E-state index contributed by atoms with van der Waals surface area (Å²) in [5.41, 5.74) is 7.10. The Hall–Kier alpha value is -1.38. The SMILES string of the molecule is CCCc1cc(C(=N)N)ccn1. The molecule has 0 bridgehead atoms. The monoisotopic (exact) mass is 163 g/mol. The Balaban J connectivity index is 2.88. The van der Waals surface area contributed by atoms with E-state index in [0.717, 1.165) is 24.1 Å². The Morgan fingerprint density at radius 1 is 1.67 bits per heavy atom. The van der Waals surface area contributed by atoms with E-state index in [9.17, 15) is 0 Å². The van der Waals surface area contributed by atoms with Gasteiger partial charge in [-0.15, -0.1) is 0 Å². The topological polar surface area (TPSA) is 62.8 Å². The summed E-state index contributed by atoms with van der Waals surface area (Å²) < 4.78 is 0. The molecule has 0 unspecified atom stereocenters. The maximum atomic E-state index is 7.21. The van der Waals surface area contributed by atoms with Crippen LogP contribution in [0.3, 0.4) is 0 Å². The van der Waals surface area contributed by atoms with E-state index in [1.165, 1.54) is 0 Å². The third-order valence-electron chi connectivity index (χ3n) is 1.63. The molecule has 64 valence electrons. The van der Waals surface area contributed by atoms with E-state index in [2.05, 4.69) is 11.9 Å². The molecule has 0 aliphatic heterocycles. The van der Waals surface area contributed by atoms with Crippen LogP contribution in [-0.4, -0.2) is 10.8 Å². The molecule has 1 heterocycles. The van der Waals surface area contributed by atoms with Crippen molar-refractivity contribution in [3.8, 4) is 0 Å². The summed E-state index contributed by atoms with van der Waals surface area (Å²) in [6.07, 6.45) is 3.71. The molecule has 0 atom stereocenters. The molecule has 1 aromatic heterocycles.